The van der Waals surface area contributed by atoms with Crippen molar-refractivity contribution < 1.29 is 0 Å². The largest absolute Gasteiger partial charge is 0.384 e. The third kappa shape index (κ3) is 11.6. The summed E-state index contributed by atoms with van der Waals surface area (Å²) in [6.07, 6.45) is 10.4. The Morgan fingerprint density at radius 1 is 0.786 bits per heavy atom. The molecule has 28 heavy (non-hydrogen) atoms. The van der Waals surface area contributed by atoms with E-state index in [0.717, 1.165) is 62.7 Å². The minimum atomic E-state index is 0.0361. The first-order valence-electron chi connectivity index (χ1n) is 9.74. The third-order valence-electron chi connectivity index (χ3n) is 4.12. The molecule has 0 fully saturated rings. The molecule has 0 aromatic heterocycles. The van der Waals surface area contributed by atoms with Crippen LogP contribution in [0.15, 0.2) is 30.3 Å². The predicted octanol–water partition coefficient (Wildman–Crippen LogP) is 1.92. The van der Waals surface area contributed by atoms with Crippen LogP contribution >= 0.6 is 0 Å². The minimum Gasteiger partial charge on any atom is -0.384 e. The molecular weight excluding hydrogens is 352 g/mol. The zero-order valence-electron chi connectivity index (χ0n) is 16.5. The van der Waals surface area contributed by atoms with Gasteiger partial charge in [0, 0.05) is 25.2 Å². The molecule has 1 rings (SSSR count). The summed E-state index contributed by atoms with van der Waals surface area (Å²) >= 11 is 0. The zero-order valence-corrected chi connectivity index (χ0v) is 16.5. The van der Waals surface area contributed by atoms with Crippen molar-refractivity contribution >= 4 is 23.8 Å². The van der Waals surface area contributed by atoms with Gasteiger partial charge < -0.3 is 27.4 Å². The summed E-state index contributed by atoms with van der Waals surface area (Å²) in [7, 11) is 0. The Labute approximate surface area is 167 Å². The topological polar surface area (TPSA) is 160 Å². The number of nitrogens with two attached hydrogens (primary N) is 2. The Kier molecular flexibility index (Phi) is 11.6. The van der Waals surface area contributed by atoms with Crippen LogP contribution in [0.1, 0.15) is 49.7 Å². The first-order valence-corrected chi connectivity index (χ1v) is 9.74. The lowest BCUT2D eigenvalue weighted by molar-refractivity contribution is 0.599. The van der Waals surface area contributed by atoms with Gasteiger partial charge in [-0.1, -0.05) is 55.7 Å². The second-order valence-electron chi connectivity index (χ2n) is 6.56. The Bertz CT molecular complexity index is 636. The number of unbranched alkanes of at least 4 members (excludes halogenated alkanes) is 4. The fraction of sp³-hybridized carbons (Fsp3) is 0.450. The van der Waals surface area contributed by atoms with Crippen LogP contribution in [-0.4, -0.2) is 37.4 Å². The molecule has 0 unspecified atom stereocenters. The molecule has 1 aromatic carbocycles. The van der Waals surface area contributed by atoms with Gasteiger partial charge in [-0.05, 0) is 24.8 Å². The van der Waals surface area contributed by atoms with Crippen LogP contribution in [0.5, 0.6) is 0 Å². The van der Waals surface area contributed by atoms with Gasteiger partial charge in [0.2, 0.25) is 0 Å². The normalized spacial score (nSPS) is 10.6. The highest BCUT2D eigenvalue weighted by molar-refractivity contribution is 5.95. The van der Waals surface area contributed by atoms with Gasteiger partial charge in [0.05, 0.1) is 0 Å². The van der Waals surface area contributed by atoms with E-state index in [2.05, 4.69) is 22.0 Å². The van der Waals surface area contributed by atoms with Gasteiger partial charge in [0.25, 0.3) is 0 Å². The maximum absolute atomic E-state index is 7.84. The summed E-state index contributed by atoms with van der Waals surface area (Å²) in [6, 6.07) is 7.54. The summed E-state index contributed by atoms with van der Waals surface area (Å²) in [6.45, 7) is 2.27. The smallest absolute Gasteiger partial charge is 0.188 e. The Morgan fingerprint density at radius 3 is 1.96 bits per heavy atom. The highest BCUT2D eigenvalue weighted by atomic mass is 15.1. The minimum absolute atomic E-state index is 0.0361. The second-order valence-corrected chi connectivity index (χ2v) is 6.56. The molecule has 1 aromatic rings. The summed E-state index contributed by atoms with van der Waals surface area (Å²) in [5, 5.41) is 31.2. The number of hydrogen-bond donors (Lipinski definition) is 8. The first kappa shape index (κ1) is 23.0. The van der Waals surface area contributed by atoms with E-state index >= 15 is 0 Å². The second kappa shape index (κ2) is 14.1. The van der Waals surface area contributed by atoms with Gasteiger partial charge in [0.15, 0.2) is 11.9 Å². The summed E-state index contributed by atoms with van der Waals surface area (Å²) < 4.78 is 0. The molecule has 8 heteroatoms. The molecule has 0 heterocycles. The molecule has 0 bridgehead atoms. The molecule has 0 saturated heterocycles. The number of rotatable bonds is 13. The summed E-state index contributed by atoms with van der Waals surface area (Å²) in [5.41, 5.74) is 12.4. The van der Waals surface area contributed by atoms with Crippen LogP contribution in [0.2, 0.25) is 0 Å². The van der Waals surface area contributed by atoms with Gasteiger partial charge in [-0.2, -0.15) is 0 Å². The molecule has 10 N–H and O–H groups in total. The lowest BCUT2D eigenvalue weighted by atomic mass is 10.1. The number of nitrogens with one attached hydrogen (secondary N) is 6. The monoisotopic (exact) mass is 386 g/mol. The highest BCUT2D eigenvalue weighted by Crippen LogP contribution is 2.06. The first-order chi connectivity index (χ1) is 13.5. The molecule has 0 spiro atoms. The lowest BCUT2D eigenvalue weighted by Gasteiger charge is -2.09. The standard InChI is InChI=1S/C20H34N8/c21-18(22)17-11-9-16(10-12-17)8-4-7-15-28-20(25)27-14-6-3-1-2-5-13-26-19(23)24/h4,8-12H,1-3,5-7,13-15H2,(H3,21,22)(H4,23,24,26)(H3,25,27,28). The molecule has 0 aliphatic rings. The van der Waals surface area contributed by atoms with Crippen LogP contribution in [0, 0.1) is 16.2 Å². The number of guanidine groups is 2. The van der Waals surface area contributed by atoms with E-state index < -0.39 is 0 Å². The molecule has 8 nitrogen and oxygen atoms in total. The highest BCUT2D eigenvalue weighted by Gasteiger charge is 1.96. The molecule has 0 saturated carbocycles. The Hall–Kier alpha value is -3.03. The zero-order chi connectivity index (χ0) is 20.6. The number of benzene rings is 1. The number of nitrogen functional groups attached to an aromatic ring is 1. The van der Waals surface area contributed by atoms with Crippen LogP contribution in [0.4, 0.5) is 0 Å². The lowest BCUT2D eigenvalue weighted by Crippen LogP contribution is -2.37. The van der Waals surface area contributed by atoms with Crippen molar-refractivity contribution in [1.29, 1.82) is 16.2 Å². The summed E-state index contributed by atoms with van der Waals surface area (Å²) in [5.74, 6) is 0.478. The average Bonchev–Trinajstić information content (AvgIpc) is 2.66. The molecule has 0 aliphatic heterocycles. The van der Waals surface area contributed by atoms with Crippen LogP contribution in [0.3, 0.4) is 0 Å². The van der Waals surface area contributed by atoms with E-state index in [9.17, 15) is 0 Å². The van der Waals surface area contributed by atoms with Crippen molar-refractivity contribution in [3.8, 4) is 0 Å². The van der Waals surface area contributed by atoms with Gasteiger partial charge in [-0.3, -0.25) is 16.2 Å². The third-order valence-corrected chi connectivity index (χ3v) is 4.12. The Morgan fingerprint density at radius 2 is 1.36 bits per heavy atom. The van der Waals surface area contributed by atoms with Crippen molar-refractivity contribution in [1.82, 2.24) is 16.0 Å². The van der Waals surface area contributed by atoms with Gasteiger partial charge in [-0.15, -0.1) is 0 Å². The average molecular weight is 387 g/mol. The van der Waals surface area contributed by atoms with Crippen molar-refractivity contribution in [2.45, 2.75) is 38.5 Å². The van der Waals surface area contributed by atoms with Crippen molar-refractivity contribution in [2.75, 3.05) is 19.6 Å². The number of hydrogen-bond acceptors (Lipinski definition) is 3. The van der Waals surface area contributed by atoms with Crippen LogP contribution < -0.4 is 27.4 Å². The van der Waals surface area contributed by atoms with E-state index in [1.54, 1.807) is 0 Å². The van der Waals surface area contributed by atoms with Gasteiger partial charge in [0.1, 0.15) is 5.84 Å². The van der Waals surface area contributed by atoms with Crippen molar-refractivity contribution in [3.63, 3.8) is 0 Å². The van der Waals surface area contributed by atoms with Crippen molar-refractivity contribution in [3.05, 3.63) is 41.5 Å². The maximum atomic E-state index is 7.84. The molecule has 0 aliphatic carbocycles. The number of amidine groups is 1. The SMILES string of the molecule is N=C(N)NCCCCCCCNC(=N)NCCC=Cc1ccc(C(=N)N)cc1. The predicted molar refractivity (Wildman–Crippen MR) is 118 cm³/mol. The van der Waals surface area contributed by atoms with E-state index in [4.69, 9.17) is 27.7 Å². The van der Waals surface area contributed by atoms with E-state index in [0.29, 0.717) is 12.5 Å². The summed E-state index contributed by atoms with van der Waals surface area (Å²) in [4.78, 5) is 0. The molecule has 0 amide bonds. The molecular formula is C20H34N8. The molecule has 0 atom stereocenters. The van der Waals surface area contributed by atoms with E-state index in [1.165, 1.54) is 0 Å². The van der Waals surface area contributed by atoms with E-state index in [1.807, 2.05) is 30.3 Å². The van der Waals surface area contributed by atoms with Gasteiger partial charge >= 0.3 is 0 Å². The van der Waals surface area contributed by atoms with Gasteiger partial charge in [-0.25, -0.2) is 0 Å². The Balaban J connectivity index is 1.99. The maximum Gasteiger partial charge on any atom is 0.188 e. The fourth-order valence-corrected chi connectivity index (χ4v) is 2.55. The van der Waals surface area contributed by atoms with E-state index in [-0.39, 0.29) is 11.8 Å². The molecule has 154 valence electrons. The molecule has 0 radical (unpaired) electrons. The van der Waals surface area contributed by atoms with Crippen LogP contribution in [-0.2, 0) is 0 Å². The van der Waals surface area contributed by atoms with Crippen LogP contribution in [0.25, 0.3) is 6.08 Å². The van der Waals surface area contributed by atoms with Crippen molar-refractivity contribution in [2.24, 2.45) is 11.5 Å². The fourth-order valence-electron chi connectivity index (χ4n) is 2.55. The quantitative estimate of drug-likeness (QED) is 0.147.